The van der Waals surface area contributed by atoms with E-state index >= 15 is 0 Å². The lowest BCUT2D eigenvalue weighted by atomic mass is 9.89. The molecule has 6 rings (SSSR count). The monoisotopic (exact) mass is 710 g/mol. The van der Waals surface area contributed by atoms with E-state index in [1.807, 2.05) is 24.3 Å². The fourth-order valence-electron chi connectivity index (χ4n) is 8.07. The lowest BCUT2D eigenvalue weighted by Gasteiger charge is -2.43. The van der Waals surface area contributed by atoms with Crippen molar-refractivity contribution in [3.05, 3.63) is 95.1 Å². The highest BCUT2D eigenvalue weighted by molar-refractivity contribution is 5.76. The summed E-state index contributed by atoms with van der Waals surface area (Å²) >= 11 is 0. The van der Waals surface area contributed by atoms with Crippen LogP contribution < -0.4 is 10.6 Å². The summed E-state index contributed by atoms with van der Waals surface area (Å²) in [7, 11) is 0. The van der Waals surface area contributed by atoms with Crippen molar-refractivity contribution >= 4 is 11.8 Å². The molecule has 3 aliphatic rings. The minimum Gasteiger partial charge on any atom is -0.392 e. The number of amides is 2. The number of benzene rings is 3. The van der Waals surface area contributed by atoms with E-state index in [-0.39, 0.29) is 36.5 Å². The maximum Gasteiger partial charge on any atom is 0.220 e. The Labute approximate surface area is 310 Å². The third-order valence-corrected chi connectivity index (χ3v) is 11.1. The van der Waals surface area contributed by atoms with Crippen molar-refractivity contribution in [2.45, 2.75) is 103 Å². The molecular formula is C43H58N4O5. The number of hydrogen-bond acceptors (Lipinski definition) is 7. The zero-order chi connectivity index (χ0) is 36.3. The molecule has 0 spiro atoms. The number of carbonyl (C=O) groups is 2. The highest BCUT2D eigenvalue weighted by atomic mass is 16.7. The van der Waals surface area contributed by atoms with Gasteiger partial charge in [0.25, 0.3) is 0 Å². The maximum atomic E-state index is 12.6. The third kappa shape index (κ3) is 10.3. The summed E-state index contributed by atoms with van der Waals surface area (Å²) in [5.74, 6) is 0.167. The molecule has 5 atom stereocenters. The molecule has 0 radical (unpaired) electrons. The van der Waals surface area contributed by atoms with Gasteiger partial charge >= 0.3 is 0 Å². The maximum absolute atomic E-state index is 12.6. The molecular weight excluding hydrogens is 652 g/mol. The first-order valence-electron chi connectivity index (χ1n) is 19.5. The zero-order valence-corrected chi connectivity index (χ0v) is 31.1. The molecule has 52 heavy (non-hydrogen) atoms. The second-order valence-electron chi connectivity index (χ2n) is 15.0. The van der Waals surface area contributed by atoms with Crippen LogP contribution in [0.1, 0.15) is 99.9 Å². The molecule has 3 aromatic carbocycles. The second-order valence-corrected chi connectivity index (χ2v) is 15.0. The van der Waals surface area contributed by atoms with Gasteiger partial charge in [-0.25, -0.2) is 0 Å². The average molecular weight is 711 g/mol. The Balaban J connectivity index is 1.12. The fraction of sp³-hybridized carbons (Fsp3) is 0.535. The van der Waals surface area contributed by atoms with Crippen LogP contribution in [0.15, 0.2) is 72.8 Å². The summed E-state index contributed by atoms with van der Waals surface area (Å²) in [6.07, 6.45) is 7.51. The van der Waals surface area contributed by atoms with Crippen LogP contribution in [0, 0.1) is 5.92 Å². The first-order valence-corrected chi connectivity index (χ1v) is 19.5. The van der Waals surface area contributed by atoms with E-state index in [9.17, 15) is 14.7 Å². The normalized spacial score (nSPS) is 23.9. The molecule has 0 aliphatic carbocycles. The number of carbonyl (C=O) groups excluding carboxylic acids is 2. The third-order valence-electron chi connectivity index (χ3n) is 11.1. The van der Waals surface area contributed by atoms with Crippen molar-refractivity contribution in [2.24, 2.45) is 5.92 Å². The molecule has 3 aromatic rings. The Morgan fingerprint density at radius 3 is 2.33 bits per heavy atom. The van der Waals surface area contributed by atoms with Gasteiger partial charge in [-0.2, -0.15) is 0 Å². The van der Waals surface area contributed by atoms with E-state index < -0.39 is 6.29 Å². The van der Waals surface area contributed by atoms with Crippen LogP contribution in [0.5, 0.6) is 0 Å². The van der Waals surface area contributed by atoms with Crippen LogP contribution in [-0.4, -0.2) is 78.1 Å². The molecule has 3 heterocycles. The summed E-state index contributed by atoms with van der Waals surface area (Å²) < 4.78 is 13.7. The van der Waals surface area contributed by atoms with Gasteiger partial charge in [-0.1, -0.05) is 86.1 Å². The summed E-state index contributed by atoms with van der Waals surface area (Å²) in [6.45, 7) is 10.5. The number of hydrogen-bond donors (Lipinski definition) is 3. The number of nitrogens with one attached hydrogen (secondary N) is 2. The van der Waals surface area contributed by atoms with Gasteiger partial charge in [0.05, 0.1) is 18.8 Å². The standard InChI is InChI=1S/C43H58N4O5/c1-31-40(29-47-26-10-12-38(47)28-46-24-8-9-25-46)51-43(52-42(31)35-17-15-33(30-48)16-18-35)36-21-19-34(20-22-36)39-13-6-5-11-37(39)27-45-41(50)14-4-3-7-23-44-32(2)49/h5-6,11,13,15-22,31,38,40,42-43,48H,3-4,7-10,12,14,23-30H2,1-2H3,(H,44,49)(H,45,50)/t31-,38+,40+,42+,43+/m1/s1. The molecule has 3 saturated heterocycles. The minimum absolute atomic E-state index is 0.00155. The van der Waals surface area contributed by atoms with Gasteiger partial charge in [0, 0.05) is 57.0 Å². The van der Waals surface area contributed by atoms with E-state index in [0.29, 0.717) is 25.6 Å². The first kappa shape index (κ1) is 38.1. The number of aliphatic hydroxyl groups is 1. The van der Waals surface area contributed by atoms with Crippen molar-refractivity contribution < 1.29 is 24.2 Å². The summed E-state index contributed by atoms with van der Waals surface area (Å²) in [4.78, 5) is 29.0. The van der Waals surface area contributed by atoms with Crippen LogP contribution in [0.3, 0.4) is 0 Å². The lowest BCUT2D eigenvalue weighted by molar-refractivity contribution is -0.276. The zero-order valence-electron chi connectivity index (χ0n) is 31.1. The molecule has 0 aromatic heterocycles. The Hall–Kier alpha value is -3.60. The van der Waals surface area contributed by atoms with Gasteiger partial charge in [-0.15, -0.1) is 0 Å². The van der Waals surface area contributed by atoms with Gasteiger partial charge in [0.2, 0.25) is 11.8 Å². The Morgan fingerprint density at radius 2 is 1.58 bits per heavy atom. The number of likely N-dealkylation sites (tertiary alicyclic amines) is 2. The second kappa shape index (κ2) is 18.9. The summed E-state index contributed by atoms with van der Waals surface area (Å²) in [6, 6.07) is 25.4. The van der Waals surface area contributed by atoms with Crippen LogP contribution >= 0.6 is 0 Å². The van der Waals surface area contributed by atoms with E-state index in [0.717, 1.165) is 72.3 Å². The first-order chi connectivity index (χ1) is 25.4. The number of nitrogens with zero attached hydrogens (tertiary/aromatic N) is 2. The highest BCUT2D eigenvalue weighted by Gasteiger charge is 2.41. The van der Waals surface area contributed by atoms with Crippen LogP contribution in [0.4, 0.5) is 0 Å². The average Bonchev–Trinajstić information content (AvgIpc) is 3.85. The van der Waals surface area contributed by atoms with E-state index in [2.05, 4.69) is 75.9 Å². The lowest BCUT2D eigenvalue weighted by Crippen LogP contribution is -2.48. The van der Waals surface area contributed by atoms with Crippen LogP contribution in [0.25, 0.3) is 11.1 Å². The molecule has 0 unspecified atom stereocenters. The topological polar surface area (TPSA) is 103 Å². The highest BCUT2D eigenvalue weighted by Crippen LogP contribution is 2.42. The number of unbranched alkanes of at least 4 members (excludes halogenated alkanes) is 2. The Bertz CT molecular complexity index is 1580. The number of ether oxygens (including phenoxy) is 2. The molecule has 9 heteroatoms. The molecule has 3 fully saturated rings. The van der Waals surface area contributed by atoms with Crippen LogP contribution in [-0.2, 0) is 32.2 Å². The minimum atomic E-state index is -0.509. The Morgan fingerprint density at radius 1 is 0.827 bits per heavy atom. The quantitative estimate of drug-likeness (QED) is 0.146. The summed E-state index contributed by atoms with van der Waals surface area (Å²) in [5.41, 5.74) is 6.21. The van der Waals surface area contributed by atoms with E-state index in [1.54, 1.807) is 0 Å². The fourth-order valence-corrected chi connectivity index (χ4v) is 8.07. The van der Waals surface area contributed by atoms with Crippen molar-refractivity contribution in [3.8, 4) is 11.1 Å². The van der Waals surface area contributed by atoms with E-state index in [1.165, 1.54) is 45.7 Å². The van der Waals surface area contributed by atoms with Crippen molar-refractivity contribution in [1.82, 2.24) is 20.4 Å². The molecule has 0 saturated carbocycles. The molecule has 0 bridgehead atoms. The van der Waals surface area contributed by atoms with Crippen molar-refractivity contribution in [1.29, 1.82) is 0 Å². The van der Waals surface area contributed by atoms with Gasteiger partial charge in [0.15, 0.2) is 6.29 Å². The molecule has 280 valence electrons. The largest absolute Gasteiger partial charge is 0.392 e. The molecule has 9 nitrogen and oxygen atoms in total. The smallest absolute Gasteiger partial charge is 0.220 e. The van der Waals surface area contributed by atoms with Gasteiger partial charge in [0.1, 0.15) is 0 Å². The number of aliphatic hydroxyl groups excluding tert-OH is 1. The molecule has 2 amide bonds. The molecule has 3 aliphatic heterocycles. The van der Waals surface area contributed by atoms with Crippen molar-refractivity contribution in [2.75, 3.05) is 39.3 Å². The SMILES string of the molecule is CC(=O)NCCCCCC(=O)NCc1ccccc1-c1ccc([C@H]2O[C@@H](CN3CCC[C@H]3CN3CCCC3)[C@@H](C)[C@@H](c3ccc(CO)cc3)O2)cc1. The van der Waals surface area contributed by atoms with Gasteiger partial charge < -0.3 is 30.1 Å². The van der Waals surface area contributed by atoms with E-state index in [4.69, 9.17) is 9.47 Å². The molecule has 3 N–H and O–H groups in total. The van der Waals surface area contributed by atoms with Gasteiger partial charge in [-0.3, -0.25) is 14.5 Å². The predicted octanol–water partition coefficient (Wildman–Crippen LogP) is 6.51. The summed E-state index contributed by atoms with van der Waals surface area (Å²) in [5, 5.41) is 15.6. The van der Waals surface area contributed by atoms with Crippen molar-refractivity contribution in [3.63, 3.8) is 0 Å². The Kier molecular flexibility index (Phi) is 13.9. The van der Waals surface area contributed by atoms with Gasteiger partial charge in [-0.05, 0) is 86.0 Å². The number of rotatable bonds is 16. The van der Waals surface area contributed by atoms with Crippen LogP contribution in [0.2, 0.25) is 0 Å². The predicted molar refractivity (Wildman–Crippen MR) is 204 cm³/mol.